The van der Waals surface area contributed by atoms with Gasteiger partial charge in [0.2, 0.25) is 0 Å². The lowest BCUT2D eigenvalue weighted by molar-refractivity contribution is -0.143. The van der Waals surface area contributed by atoms with Crippen molar-refractivity contribution in [1.82, 2.24) is 0 Å². The lowest BCUT2D eigenvalue weighted by atomic mass is 10.1. The van der Waals surface area contributed by atoms with Gasteiger partial charge in [-0.3, -0.25) is 4.79 Å². The first-order valence-electron chi connectivity index (χ1n) is 7.10. The summed E-state index contributed by atoms with van der Waals surface area (Å²) in [6.07, 6.45) is 0.934. The van der Waals surface area contributed by atoms with E-state index in [9.17, 15) is 10.1 Å². The molecule has 1 aromatic carbocycles. The monoisotopic (exact) mass is 289 g/mol. The highest BCUT2D eigenvalue weighted by atomic mass is 28.3. The molecule has 0 spiro atoms. The predicted molar refractivity (Wildman–Crippen MR) is 83.3 cm³/mol. The van der Waals surface area contributed by atoms with Crippen molar-refractivity contribution in [3.63, 3.8) is 0 Å². The molecular weight excluding hydrogens is 266 g/mol. The second kappa shape index (κ2) is 7.86. The molecule has 3 nitrogen and oxygen atoms in total. The second-order valence-electron chi connectivity index (χ2n) is 5.62. The molecule has 0 aromatic heterocycles. The maximum atomic E-state index is 11.4. The van der Waals surface area contributed by atoms with Crippen LogP contribution >= 0.6 is 0 Å². The van der Waals surface area contributed by atoms with Crippen molar-refractivity contribution in [2.24, 2.45) is 5.92 Å². The Hall–Kier alpha value is -1.60. The van der Waals surface area contributed by atoms with Gasteiger partial charge in [-0.05, 0) is 19.4 Å². The van der Waals surface area contributed by atoms with Gasteiger partial charge < -0.3 is 4.74 Å². The summed E-state index contributed by atoms with van der Waals surface area (Å²) in [7, 11) is -1.63. The number of carbonyl (C=O) groups is 1. The van der Waals surface area contributed by atoms with Crippen molar-refractivity contribution < 1.29 is 9.53 Å². The van der Waals surface area contributed by atoms with Gasteiger partial charge in [-0.1, -0.05) is 48.6 Å². The molecular formula is C16H23NO2Si. The number of ether oxygens (including phenoxy) is 1. The van der Waals surface area contributed by atoms with Crippen LogP contribution in [0.4, 0.5) is 0 Å². The Balaban J connectivity index is 2.60. The molecule has 1 aromatic rings. The fourth-order valence-corrected chi connectivity index (χ4v) is 5.22. The standard InChI is InChI=1S/C16H23NO2Si/c1-4-19-16(18)11-10-14(12-17)13-20(2,3)15-8-6-5-7-9-15/h5-9,14H,4,10-11,13H2,1-3H3. The molecule has 0 saturated carbocycles. The maximum absolute atomic E-state index is 11.4. The van der Waals surface area contributed by atoms with Gasteiger partial charge in [-0.15, -0.1) is 0 Å². The van der Waals surface area contributed by atoms with Gasteiger partial charge in [-0.25, -0.2) is 0 Å². The van der Waals surface area contributed by atoms with Crippen LogP contribution in [0.3, 0.4) is 0 Å². The van der Waals surface area contributed by atoms with Crippen molar-refractivity contribution in [2.75, 3.05) is 6.61 Å². The van der Waals surface area contributed by atoms with Gasteiger partial charge in [-0.2, -0.15) is 5.26 Å². The van der Waals surface area contributed by atoms with Gasteiger partial charge >= 0.3 is 5.97 Å². The molecule has 0 bridgehead atoms. The lowest BCUT2D eigenvalue weighted by Crippen LogP contribution is -2.42. The number of rotatable bonds is 7. The quantitative estimate of drug-likeness (QED) is 0.572. The van der Waals surface area contributed by atoms with E-state index in [0.29, 0.717) is 19.4 Å². The molecule has 1 atom stereocenters. The van der Waals surface area contributed by atoms with Gasteiger partial charge in [0, 0.05) is 12.3 Å². The number of hydrogen-bond donors (Lipinski definition) is 0. The normalized spacial score (nSPS) is 12.5. The third kappa shape index (κ3) is 5.18. The van der Waals surface area contributed by atoms with Crippen LogP contribution in [-0.4, -0.2) is 20.7 Å². The van der Waals surface area contributed by atoms with E-state index in [4.69, 9.17) is 4.74 Å². The van der Waals surface area contributed by atoms with E-state index in [-0.39, 0.29) is 11.9 Å². The number of carbonyl (C=O) groups excluding carboxylic acids is 1. The molecule has 0 radical (unpaired) electrons. The van der Waals surface area contributed by atoms with Gasteiger partial charge in [0.15, 0.2) is 0 Å². The molecule has 1 unspecified atom stereocenters. The highest BCUT2D eigenvalue weighted by Crippen LogP contribution is 2.21. The topological polar surface area (TPSA) is 50.1 Å². The minimum absolute atomic E-state index is 0.0683. The Morgan fingerprint density at radius 3 is 2.55 bits per heavy atom. The number of nitriles is 1. The average molecular weight is 289 g/mol. The molecule has 0 aliphatic rings. The highest BCUT2D eigenvalue weighted by molar-refractivity contribution is 6.89. The van der Waals surface area contributed by atoms with Crippen molar-refractivity contribution in [3.05, 3.63) is 30.3 Å². The molecule has 108 valence electrons. The third-order valence-electron chi connectivity index (χ3n) is 3.50. The Labute approximate surface area is 122 Å². The summed E-state index contributed by atoms with van der Waals surface area (Å²) in [4.78, 5) is 11.4. The minimum atomic E-state index is -1.63. The predicted octanol–water partition coefficient (Wildman–Crippen LogP) is 3.09. The number of nitrogens with zero attached hydrogens (tertiary/aromatic N) is 1. The van der Waals surface area contributed by atoms with Crippen molar-refractivity contribution in [3.8, 4) is 6.07 Å². The average Bonchev–Trinajstić information content (AvgIpc) is 2.44. The van der Waals surface area contributed by atoms with Gasteiger partial charge in [0.25, 0.3) is 0 Å². The van der Waals surface area contributed by atoms with E-state index in [1.165, 1.54) is 5.19 Å². The van der Waals surface area contributed by atoms with Crippen molar-refractivity contribution in [1.29, 1.82) is 5.26 Å². The molecule has 0 heterocycles. The largest absolute Gasteiger partial charge is 0.466 e. The van der Waals surface area contributed by atoms with Crippen LogP contribution in [0, 0.1) is 17.2 Å². The second-order valence-corrected chi connectivity index (χ2v) is 10.4. The molecule has 4 heteroatoms. The molecule has 0 N–H and O–H groups in total. The van der Waals surface area contributed by atoms with Crippen LogP contribution in [0.2, 0.25) is 19.1 Å². The summed E-state index contributed by atoms with van der Waals surface area (Å²) in [6.45, 7) is 6.75. The van der Waals surface area contributed by atoms with E-state index in [0.717, 1.165) is 6.04 Å². The number of esters is 1. The summed E-state index contributed by atoms with van der Waals surface area (Å²) >= 11 is 0. The van der Waals surface area contributed by atoms with Crippen LogP contribution in [-0.2, 0) is 9.53 Å². The third-order valence-corrected chi connectivity index (χ3v) is 6.91. The first kappa shape index (κ1) is 16.5. The van der Waals surface area contributed by atoms with E-state index in [1.54, 1.807) is 6.92 Å². The maximum Gasteiger partial charge on any atom is 0.305 e. The van der Waals surface area contributed by atoms with Crippen LogP contribution in [0.5, 0.6) is 0 Å². The molecule has 20 heavy (non-hydrogen) atoms. The Morgan fingerprint density at radius 1 is 1.35 bits per heavy atom. The molecule has 0 aliphatic heterocycles. The summed E-state index contributed by atoms with van der Waals surface area (Å²) in [5.41, 5.74) is 0. The molecule has 0 amide bonds. The van der Waals surface area contributed by atoms with Crippen LogP contribution in [0.15, 0.2) is 30.3 Å². The Kier molecular flexibility index (Phi) is 6.46. The van der Waals surface area contributed by atoms with Crippen molar-refractivity contribution >= 4 is 19.2 Å². The highest BCUT2D eigenvalue weighted by Gasteiger charge is 2.27. The first-order chi connectivity index (χ1) is 9.49. The van der Waals surface area contributed by atoms with Gasteiger partial charge in [0.1, 0.15) is 0 Å². The zero-order valence-electron chi connectivity index (χ0n) is 12.6. The SMILES string of the molecule is CCOC(=O)CCC(C#N)C[Si](C)(C)c1ccccc1. The fraction of sp³-hybridized carbons (Fsp3) is 0.500. The molecule has 1 rings (SSSR count). The zero-order chi connectivity index (χ0) is 15.0. The Morgan fingerprint density at radius 2 is 2.00 bits per heavy atom. The molecule has 0 aliphatic carbocycles. The first-order valence-corrected chi connectivity index (χ1v) is 10.3. The van der Waals surface area contributed by atoms with Gasteiger partial charge in [0.05, 0.1) is 20.7 Å². The molecule has 0 fully saturated rings. The summed E-state index contributed by atoms with van der Waals surface area (Å²) in [6, 6.07) is 13.6. The summed E-state index contributed by atoms with van der Waals surface area (Å²) in [5, 5.41) is 10.7. The smallest absolute Gasteiger partial charge is 0.305 e. The molecule has 0 saturated heterocycles. The van der Waals surface area contributed by atoms with E-state index in [2.05, 4.69) is 31.3 Å². The number of benzene rings is 1. The summed E-state index contributed by atoms with van der Waals surface area (Å²) < 4.78 is 4.91. The minimum Gasteiger partial charge on any atom is -0.466 e. The van der Waals surface area contributed by atoms with E-state index < -0.39 is 8.07 Å². The van der Waals surface area contributed by atoms with Crippen LogP contribution in [0.1, 0.15) is 19.8 Å². The van der Waals surface area contributed by atoms with E-state index >= 15 is 0 Å². The van der Waals surface area contributed by atoms with Crippen molar-refractivity contribution in [2.45, 2.75) is 38.9 Å². The Bertz CT molecular complexity index is 465. The number of hydrogen-bond acceptors (Lipinski definition) is 3. The zero-order valence-corrected chi connectivity index (χ0v) is 13.6. The summed E-state index contributed by atoms with van der Waals surface area (Å²) in [5.74, 6) is -0.270. The van der Waals surface area contributed by atoms with Crippen LogP contribution < -0.4 is 5.19 Å². The van der Waals surface area contributed by atoms with Crippen LogP contribution in [0.25, 0.3) is 0 Å². The van der Waals surface area contributed by atoms with E-state index in [1.807, 2.05) is 18.2 Å². The lowest BCUT2D eigenvalue weighted by Gasteiger charge is -2.25. The fourth-order valence-electron chi connectivity index (χ4n) is 2.36.